The van der Waals surface area contributed by atoms with Crippen molar-refractivity contribution in [3.8, 4) is 11.5 Å². The van der Waals surface area contributed by atoms with E-state index >= 15 is 0 Å². The van der Waals surface area contributed by atoms with Crippen LogP contribution in [0.1, 0.15) is 47.2 Å². The van der Waals surface area contributed by atoms with Gasteiger partial charge in [-0.2, -0.15) is 0 Å². The van der Waals surface area contributed by atoms with Crippen LogP contribution in [0, 0.1) is 0 Å². The number of phenols is 2. The molecule has 2 rings (SSSR count). The Morgan fingerprint density at radius 3 is 1.04 bits per heavy atom. The molecule has 0 aliphatic rings. The van der Waals surface area contributed by atoms with Gasteiger partial charge >= 0.3 is 0 Å². The number of hydrogen-bond donors (Lipinski definition) is 6. The third-order valence-corrected chi connectivity index (χ3v) is 4.66. The standard InChI is InChI=1S/C19H24O6/c1-19(2,15-3-11(7-20)17(24)12(4-15)8-21)16-5-13(9-22)18(25)14(6-16)10-23/h3-6,20-25H,7-10H2,1-2H3. The van der Waals surface area contributed by atoms with Crippen molar-refractivity contribution >= 4 is 0 Å². The lowest BCUT2D eigenvalue weighted by atomic mass is 9.76. The molecule has 0 saturated carbocycles. The first kappa shape index (κ1) is 19.2. The van der Waals surface area contributed by atoms with Crippen LogP contribution < -0.4 is 0 Å². The second-order valence-electron chi connectivity index (χ2n) is 6.54. The van der Waals surface area contributed by atoms with Crippen molar-refractivity contribution < 1.29 is 30.6 Å². The van der Waals surface area contributed by atoms with E-state index in [2.05, 4.69) is 0 Å². The average Bonchev–Trinajstić information content (AvgIpc) is 2.61. The zero-order valence-corrected chi connectivity index (χ0v) is 14.3. The highest BCUT2D eigenvalue weighted by atomic mass is 16.3. The van der Waals surface area contributed by atoms with E-state index < -0.39 is 5.41 Å². The van der Waals surface area contributed by atoms with Crippen molar-refractivity contribution in [2.45, 2.75) is 45.7 Å². The summed E-state index contributed by atoms with van der Waals surface area (Å²) < 4.78 is 0. The molecule has 0 aliphatic carbocycles. The number of aliphatic hydroxyl groups is 4. The minimum absolute atomic E-state index is 0.137. The molecule has 6 heteroatoms. The molecule has 0 radical (unpaired) electrons. The molecule has 6 nitrogen and oxygen atoms in total. The van der Waals surface area contributed by atoms with Crippen molar-refractivity contribution in [3.63, 3.8) is 0 Å². The van der Waals surface area contributed by atoms with E-state index in [1.807, 2.05) is 13.8 Å². The van der Waals surface area contributed by atoms with E-state index in [4.69, 9.17) is 0 Å². The molecule has 0 bridgehead atoms. The fraction of sp³-hybridized carbons (Fsp3) is 0.368. The Kier molecular flexibility index (Phi) is 5.69. The van der Waals surface area contributed by atoms with Gasteiger partial charge in [0.05, 0.1) is 26.4 Å². The number of aliphatic hydroxyl groups excluding tert-OH is 4. The predicted octanol–water partition coefficient (Wildman–Crippen LogP) is 1.39. The third kappa shape index (κ3) is 3.48. The summed E-state index contributed by atoms with van der Waals surface area (Å²) in [5.41, 5.74) is 2.05. The van der Waals surface area contributed by atoms with E-state index in [1.165, 1.54) is 0 Å². The van der Waals surface area contributed by atoms with Gasteiger partial charge in [-0.05, 0) is 35.4 Å². The van der Waals surface area contributed by atoms with Crippen molar-refractivity contribution in [1.29, 1.82) is 0 Å². The lowest BCUT2D eigenvalue weighted by Gasteiger charge is -2.29. The lowest BCUT2D eigenvalue weighted by molar-refractivity contribution is 0.263. The van der Waals surface area contributed by atoms with E-state index in [0.29, 0.717) is 22.3 Å². The highest BCUT2D eigenvalue weighted by Crippen LogP contribution is 2.38. The minimum Gasteiger partial charge on any atom is -0.507 e. The monoisotopic (exact) mass is 348 g/mol. The third-order valence-electron chi connectivity index (χ3n) is 4.66. The molecule has 0 fully saturated rings. The lowest BCUT2D eigenvalue weighted by Crippen LogP contribution is -2.20. The van der Waals surface area contributed by atoms with Gasteiger partial charge in [-0.3, -0.25) is 0 Å². The van der Waals surface area contributed by atoms with Crippen molar-refractivity contribution in [2.24, 2.45) is 0 Å². The largest absolute Gasteiger partial charge is 0.507 e. The Balaban J connectivity index is 2.66. The second-order valence-corrected chi connectivity index (χ2v) is 6.54. The fourth-order valence-corrected chi connectivity index (χ4v) is 2.89. The maximum absolute atomic E-state index is 10.0. The molecular formula is C19H24O6. The van der Waals surface area contributed by atoms with E-state index in [-0.39, 0.29) is 37.9 Å². The molecule has 0 saturated heterocycles. The molecule has 0 unspecified atom stereocenters. The van der Waals surface area contributed by atoms with Gasteiger partial charge in [-0.15, -0.1) is 0 Å². The molecule has 0 spiro atoms. The fourth-order valence-electron chi connectivity index (χ4n) is 2.89. The van der Waals surface area contributed by atoms with Gasteiger partial charge in [-0.1, -0.05) is 13.8 Å². The van der Waals surface area contributed by atoms with Crippen LogP contribution in [0.4, 0.5) is 0 Å². The molecule has 0 aromatic heterocycles. The van der Waals surface area contributed by atoms with Crippen molar-refractivity contribution in [2.75, 3.05) is 0 Å². The topological polar surface area (TPSA) is 121 Å². The second kappa shape index (κ2) is 7.41. The van der Waals surface area contributed by atoms with E-state index in [0.717, 1.165) is 11.1 Å². The van der Waals surface area contributed by atoms with Crippen LogP contribution in [-0.4, -0.2) is 30.6 Å². The molecule has 0 atom stereocenters. The summed E-state index contributed by atoms with van der Waals surface area (Å²) in [6, 6.07) is 6.61. The minimum atomic E-state index is -0.636. The first-order valence-corrected chi connectivity index (χ1v) is 7.94. The van der Waals surface area contributed by atoms with Crippen LogP contribution in [0.25, 0.3) is 0 Å². The number of hydrogen-bond acceptors (Lipinski definition) is 6. The van der Waals surface area contributed by atoms with Gasteiger partial charge in [0, 0.05) is 27.7 Å². The molecule has 0 heterocycles. The van der Waals surface area contributed by atoms with Gasteiger partial charge in [-0.25, -0.2) is 0 Å². The first-order chi connectivity index (χ1) is 11.8. The summed E-state index contributed by atoms with van der Waals surface area (Å²) in [6.07, 6.45) is 0. The smallest absolute Gasteiger partial charge is 0.126 e. The van der Waals surface area contributed by atoms with Gasteiger partial charge in [0.25, 0.3) is 0 Å². The Morgan fingerprint density at radius 1 is 0.600 bits per heavy atom. The maximum atomic E-state index is 10.0. The molecule has 2 aromatic carbocycles. The number of aromatic hydroxyl groups is 2. The summed E-state index contributed by atoms with van der Waals surface area (Å²) in [4.78, 5) is 0. The molecule has 0 aliphatic heterocycles. The van der Waals surface area contributed by atoms with Crippen molar-refractivity contribution in [3.05, 3.63) is 57.6 Å². The highest BCUT2D eigenvalue weighted by Gasteiger charge is 2.27. The number of rotatable bonds is 6. The molecule has 2 aromatic rings. The zero-order valence-electron chi connectivity index (χ0n) is 14.3. The molecule has 136 valence electrons. The van der Waals surface area contributed by atoms with Crippen LogP contribution in [0.5, 0.6) is 11.5 Å². The van der Waals surface area contributed by atoms with Crippen LogP contribution in [-0.2, 0) is 31.8 Å². The first-order valence-electron chi connectivity index (χ1n) is 7.94. The molecule has 0 amide bonds. The quantitative estimate of drug-likeness (QED) is 0.469. The Bertz CT molecular complexity index is 653. The summed E-state index contributed by atoms with van der Waals surface area (Å²) in [5, 5.41) is 57.9. The Hall–Kier alpha value is -2.12. The predicted molar refractivity (Wildman–Crippen MR) is 92.0 cm³/mol. The molecule has 25 heavy (non-hydrogen) atoms. The molecule has 6 N–H and O–H groups in total. The maximum Gasteiger partial charge on any atom is 0.126 e. The summed E-state index contributed by atoms with van der Waals surface area (Å²) >= 11 is 0. The number of benzene rings is 2. The van der Waals surface area contributed by atoms with E-state index in [9.17, 15) is 30.6 Å². The Labute approximate surface area is 146 Å². The van der Waals surface area contributed by atoms with Gasteiger partial charge in [0.2, 0.25) is 0 Å². The summed E-state index contributed by atoms with van der Waals surface area (Å²) in [7, 11) is 0. The van der Waals surface area contributed by atoms with Crippen LogP contribution in [0.15, 0.2) is 24.3 Å². The van der Waals surface area contributed by atoms with E-state index in [1.54, 1.807) is 24.3 Å². The van der Waals surface area contributed by atoms with Crippen LogP contribution in [0.3, 0.4) is 0 Å². The highest BCUT2D eigenvalue weighted by molar-refractivity contribution is 5.52. The zero-order chi connectivity index (χ0) is 18.8. The van der Waals surface area contributed by atoms with Gasteiger partial charge in [0.15, 0.2) is 0 Å². The van der Waals surface area contributed by atoms with Crippen LogP contribution >= 0.6 is 0 Å². The van der Waals surface area contributed by atoms with Crippen molar-refractivity contribution in [1.82, 2.24) is 0 Å². The normalized spacial score (nSPS) is 11.8. The van der Waals surface area contributed by atoms with Crippen LogP contribution in [0.2, 0.25) is 0 Å². The SMILES string of the molecule is CC(C)(c1cc(CO)c(O)c(CO)c1)c1cc(CO)c(O)c(CO)c1. The molecular weight excluding hydrogens is 324 g/mol. The summed E-state index contributed by atoms with van der Waals surface area (Å²) in [5.74, 6) is -0.273. The summed E-state index contributed by atoms with van der Waals surface area (Å²) in [6.45, 7) is 2.31. The average molecular weight is 348 g/mol. The van der Waals surface area contributed by atoms with Gasteiger partial charge in [0.1, 0.15) is 11.5 Å². The van der Waals surface area contributed by atoms with Gasteiger partial charge < -0.3 is 30.6 Å². The Morgan fingerprint density at radius 2 is 0.840 bits per heavy atom.